The number of carbonyl (C=O) groups is 1. The van der Waals surface area contributed by atoms with E-state index in [-0.39, 0.29) is 11.2 Å². The average molecular weight is 336 g/mol. The van der Waals surface area contributed by atoms with Crippen LogP contribution < -0.4 is 5.32 Å². The summed E-state index contributed by atoms with van der Waals surface area (Å²) < 4.78 is 0. The normalized spacial score (nSPS) is 12.0. The fraction of sp³-hybridized carbons (Fsp3) is 0.200. The van der Waals surface area contributed by atoms with E-state index in [1.165, 1.54) is 0 Å². The van der Waals surface area contributed by atoms with Gasteiger partial charge in [-0.15, -0.1) is 11.8 Å². The van der Waals surface area contributed by atoms with Crippen LogP contribution in [0.4, 0.5) is 0 Å². The molecule has 3 aromatic rings. The summed E-state index contributed by atoms with van der Waals surface area (Å²) in [6.45, 7) is 2.61. The number of para-hydroxylation sites is 1. The van der Waals surface area contributed by atoms with Gasteiger partial charge in [0.2, 0.25) is 5.91 Å². The van der Waals surface area contributed by atoms with Gasteiger partial charge in [0.25, 0.3) is 0 Å². The molecule has 1 heterocycles. The van der Waals surface area contributed by atoms with Crippen LogP contribution in [0.15, 0.2) is 71.8 Å². The molecule has 122 valence electrons. The first-order valence-corrected chi connectivity index (χ1v) is 8.98. The number of nitrogens with zero attached hydrogens (tertiary/aromatic N) is 1. The lowest BCUT2D eigenvalue weighted by Crippen LogP contribution is -2.31. The van der Waals surface area contributed by atoms with Crippen LogP contribution in [0.25, 0.3) is 10.9 Å². The molecule has 0 aliphatic heterocycles. The van der Waals surface area contributed by atoms with Crippen LogP contribution in [-0.4, -0.2) is 16.1 Å². The Bertz CT molecular complexity index is 815. The van der Waals surface area contributed by atoms with E-state index in [0.717, 1.165) is 27.8 Å². The Labute approximate surface area is 146 Å². The number of benzene rings is 2. The molecule has 0 radical (unpaired) electrons. The Morgan fingerprint density at radius 3 is 2.62 bits per heavy atom. The third-order valence-electron chi connectivity index (χ3n) is 3.85. The van der Waals surface area contributed by atoms with Gasteiger partial charge in [-0.25, -0.2) is 0 Å². The predicted molar refractivity (Wildman–Crippen MR) is 100.0 cm³/mol. The molecule has 1 amide bonds. The number of carbonyl (C=O) groups excluding carboxylic acids is 1. The van der Waals surface area contributed by atoms with Gasteiger partial charge >= 0.3 is 0 Å². The number of aromatic nitrogens is 1. The van der Waals surface area contributed by atoms with Gasteiger partial charge in [0.15, 0.2) is 0 Å². The summed E-state index contributed by atoms with van der Waals surface area (Å²) in [6, 6.07) is 20.0. The molecule has 1 N–H and O–H groups in total. The van der Waals surface area contributed by atoms with Crippen molar-refractivity contribution in [1.82, 2.24) is 10.3 Å². The van der Waals surface area contributed by atoms with Gasteiger partial charge in [-0.05, 0) is 24.1 Å². The number of rotatable bonds is 6. The third kappa shape index (κ3) is 3.95. The molecule has 1 atom stereocenters. The molecule has 0 saturated carbocycles. The molecule has 1 unspecified atom stereocenters. The lowest BCUT2D eigenvalue weighted by molar-refractivity contribution is -0.120. The minimum absolute atomic E-state index is 0.0762. The van der Waals surface area contributed by atoms with Crippen molar-refractivity contribution in [2.45, 2.75) is 30.0 Å². The van der Waals surface area contributed by atoms with Crippen LogP contribution in [0.5, 0.6) is 0 Å². The molecule has 24 heavy (non-hydrogen) atoms. The summed E-state index contributed by atoms with van der Waals surface area (Å²) in [6.07, 6.45) is 2.58. The lowest BCUT2D eigenvalue weighted by Gasteiger charge is -2.16. The first-order chi connectivity index (χ1) is 11.8. The van der Waals surface area contributed by atoms with Gasteiger partial charge in [0, 0.05) is 23.0 Å². The number of fused-ring (bicyclic) bond motifs is 1. The van der Waals surface area contributed by atoms with Gasteiger partial charge in [0.05, 0.1) is 10.8 Å². The lowest BCUT2D eigenvalue weighted by atomic mass is 10.2. The van der Waals surface area contributed by atoms with E-state index in [0.29, 0.717) is 6.54 Å². The van der Waals surface area contributed by atoms with E-state index in [2.05, 4.69) is 16.4 Å². The van der Waals surface area contributed by atoms with Gasteiger partial charge in [-0.3, -0.25) is 9.78 Å². The highest BCUT2D eigenvalue weighted by Gasteiger charge is 2.18. The maximum atomic E-state index is 12.5. The van der Waals surface area contributed by atoms with E-state index in [4.69, 9.17) is 0 Å². The standard InChI is InChI=1S/C20H20N2OS/c1-2-18(20(23)22-14-15-8-4-3-5-9-15)24-19-12-13-21-17-11-7-6-10-16(17)19/h3-13,18H,2,14H2,1H3,(H,22,23). The van der Waals surface area contributed by atoms with Crippen LogP contribution in [0.2, 0.25) is 0 Å². The number of hydrogen-bond donors (Lipinski definition) is 1. The first kappa shape index (κ1) is 16.5. The Morgan fingerprint density at radius 1 is 1.08 bits per heavy atom. The number of thioether (sulfide) groups is 1. The van der Waals surface area contributed by atoms with Crippen molar-refractivity contribution in [2.24, 2.45) is 0 Å². The van der Waals surface area contributed by atoms with Crippen LogP contribution in [0.1, 0.15) is 18.9 Å². The molecule has 4 heteroatoms. The third-order valence-corrected chi connectivity index (χ3v) is 5.29. The van der Waals surface area contributed by atoms with Crippen LogP contribution in [0, 0.1) is 0 Å². The SMILES string of the molecule is CCC(Sc1ccnc2ccccc12)C(=O)NCc1ccccc1. The summed E-state index contributed by atoms with van der Waals surface area (Å²) in [4.78, 5) is 18.0. The predicted octanol–water partition coefficient (Wildman–Crippen LogP) is 4.42. The van der Waals surface area contributed by atoms with Gasteiger partial charge < -0.3 is 5.32 Å². The van der Waals surface area contributed by atoms with E-state index in [1.54, 1.807) is 18.0 Å². The molecule has 2 aromatic carbocycles. The van der Waals surface area contributed by atoms with Crippen LogP contribution in [-0.2, 0) is 11.3 Å². The molecular formula is C20H20N2OS. The topological polar surface area (TPSA) is 42.0 Å². The average Bonchev–Trinajstić information content (AvgIpc) is 2.65. The van der Waals surface area contributed by atoms with E-state index >= 15 is 0 Å². The summed E-state index contributed by atoms with van der Waals surface area (Å²) in [5, 5.41) is 4.03. The van der Waals surface area contributed by atoms with Crippen LogP contribution in [0.3, 0.4) is 0 Å². The van der Waals surface area contributed by atoms with Gasteiger partial charge in [-0.2, -0.15) is 0 Å². The van der Waals surface area contributed by atoms with Crippen molar-refractivity contribution in [3.63, 3.8) is 0 Å². The summed E-state index contributed by atoms with van der Waals surface area (Å²) >= 11 is 1.61. The summed E-state index contributed by atoms with van der Waals surface area (Å²) in [5.41, 5.74) is 2.07. The molecule has 0 spiro atoms. The quantitative estimate of drug-likeness (QED) is 0.678. The van der Waals surface area contributed by atoms with Crippen molar-refractivity contribution < 1.29 is 4.79 Å². The second kappa shape index (κ2) is 7.97. The first-order valence-electron chi connectivity index (χ1n) is 8.10. The molecule has 0 fully saturated rings. The largest absolute Gasteiger partial charge is 0.351 e. The Balaban J connectivity index is 1.70. The number of amides is 1. The smallest absolute Gasteiger partial charge is 0.233 e. The fourth-order valence-corrected chi connectivity index (χ4v) is 3.65. The van der Waals surface area contributed by atoms with E-state index in [9.17, 15) is 4.79 Å². The Morgan fingerprint density at radius 2 is 1.83 bits per heavy atom. The summed E-state index contributed by atoms with van der Waals surface area (Å²) in [7, 11) is 0. The van der Waals surface area contributed by atoms with Crippen molar-refractivity contribution in [3.05, 3.63) is 72.4 Å². The van der Waals surface area contributed by atoms with Gasteiger partial charge in [-0.1, -0.05) is 55.5 Å². The highest BCUT2D eigenvalue weighted by molar-refractivity contribution is 8.00. The maximum absolute atomic E-state index is 12.5. The van der Waals surface area contributed by atoms with Crippen molar-refractivity contribution >= 4 is 28.6 Å². The van der Waals surface area contributed by atoms with Crippen molar-refractivity contribution in [2.75, 3.05) is 0 Å². The second-order valence-electron chi connectivity index (χ2n) is 5.54. The molecule has 1 aromatic heterocycles. The highest BCUT2D eigenvalue weighted by Crippen LogP contribution is 2.31. The van der Waals surface area contributed by atoms with Crippen molar-refractivity contribution in [1.29, 1.82) is 0 Å². The molecule has 0 aliphatic carbocycles. The van der Waals surface area contributed by atoms with Crippen molar-refractivity contribution in [3.8, 4) is 0 Å². The molecule has 3 rings (SSSR count). The van der Waals surface area contributed by atoms with Crippen LogP contribution >= 0.6 is 11.8 Å². The minimum atomic E-state index is -0.112. The molecule has 0 aliphatic rings. The Hall–Kier alpha value is -2.33. The highest BCUT2D eigenvalue weighted by atomic mass is 32.2. The zero-order valence-corrected chi connectivity index (χ0v) is 14.4. The van der Waals surface area contributed by atoms with E-state index < -0.39 is 0 Å². The van der Waals surface area contributed by atoms with Gasteiger partial charge in [0.1, 0.15) is 0 Å². The fourth-order valence-electron chi connectivity index (χ4n) is 2.55. The monoisotopic (exact) mass is 336 g/mol. The molecular weight excluding hydrogens is 316 g/mol. The second-order valence-corrected chi connectivity index (χ2v) is 6.79. The summed E-state index contributed by atoms with van der Waals surface area (Å²) in [5.74, 6) is 0.0762. The zero-order chi connectivity index (χ0) is 16.8. The number of nitrogens with one attached hydrogen (secondary N) is 1. The molecule has 3 nitrogen and oxygen atoms in total. The zero-order valence-electron chi connectivity index (χ0n) is 13.6. The molecule has 0 bridgehead atoms. The number of hydrogen-bond acceptors (Lipinski definition) is 3. The maximum Gasteiger partial charge on any atom is 0.233 e. The van der Waals surface area contributed by atoms with E-state index in [1.807, 2.05) is 61.5 Å². The number of pyridine rings is 1. The Kier molecular flexibility index (Phi) is 5.49. The minimum Gasteiger partial charge on any atom is -0.351 e. The molecule has 0 saturated heterocycles.